The number of halogens is 2. The van der Waals surface area contributed by atoms with Crippen LogP contribution in [0.3, 0.4) is 0 Å². The maximum atomic E-state index is 12.4. The Labute approximate surface area is 205 Å². The van der Waals surface area contributed by atoms with Gasteiger partial charge in [0.05, 0.1) is 0 Å². The molecule has 0 amide bonds. The topological polar surface area (TPSA) is 79.5 Å². The minimum absolute atomic E-state index is 0. The van der Waals surface area contributed by atoms with Crippen LogP contribution >= 0.6 is 35.6 Å². The molecule has 1 aromatic heterocycles. The van der Waals surface area contributed by atoms with Gasteiger partial charge in [-0.1, -0.05) is 17.7 Å². The van der Waals surface area contributed by atoms with Gasteiger partial charge < -0.3 is 15.5 Å². The number of rotatable bonds is 6. The summed E-state index contributed by atoms with van der Waals surface area (Å²) in [6.45, 7) is 4.06. The minimum atomic E-state index is 0. The normalized spacial score (nSPS) is 18.5. The first-order chi connectivity index (χ1) is 14.6. The molecular formula is C21H31ClIN7O. The number of benzene rings is 1. The molecule has 1 atom stereocenters. The Hall–Kier alpha value is -1.75. The maximum Gasteiger partial charge on any atom is 0.345 e. The van der Waals surface area contributed by atoms with Crippen LogP contribution in [0.5, 0.6) is 0 Å². The van der Waals surface area contributed by atoms with Crippen LogP contribution in [-0.2, 0) is 19.5 Å². The van der Waals surface area contributed by atoms with Gasteiger partial charge in [-0.15, -0.1) is 24.0 Å². The lowest BCUT2D eigenvalue weighted by Gasteiger charge is -2.20. The van der Waals surface area contributed by atoms with Crippen LogP contribution in [0.15, 0.2) is 34.1 Å². The molecule has 1 unspecified atom stereocenters. The van der Waals surface area contributed by atoms with E-state index in [-0.39, 0.29) is 29.7 Å². The second-order valence-corrected chi connectivity index (χ2v) is 8.38. The van der Waals surface area contributed by atoms with Gasteiger partial charge >= 0.3 is 5.69 Å². The van der Waals surface area contributed by atoms with Gasteiger partial charge in [-0.05, 0) is 43.9 Å². The first-order valence-corrected chi connectivity index (χ1v) is 11.2. The van der Waals surface area contributed by atoms with Gasteiger partial charge in [0.2, 0.25) is 0 Å². The maximum absolute atomic E-state index is 12.4. The molecule has 1 aromatic carbocycles. The number of nitrogens with one attached hydrogen (secondary N) is 2. The Bertz CT molecular complexity index is 957. The van der Waals surface area contributed by atoms with Crippen LogP contribution in [0.2, 0.25) is 5.02 Å². The average Bonchev–Trinajstić information content (AvgIpc) is 3.35. The second-order valence-electron chi connectivity index (χ2n) is 7.94. The number of fused-ring (bicyclic) bond motifs is 1. The minimum Gasteiger partial charge on any atom is -0.369 e. The standard InChI is InChI=1S/C21H30ClN7O.HI/c1-23-20(25-17-9-13-27(15-17)18-7-4-6-16(22)14-18)24-10-5-12-29-21(30)28-11-3-2-8-19(28)26-29;/h4,6-7,14,17H,2-3,5,8-13,15H2,1H3,(H2,23,24,25);1H. The highest BCUT2D eigenvalue weighted by atomic mass is 127. The number of anilines is 1. The molecule has 3 heterocycles. The number of aromatic nitrogens is 3. The number of hydrogen-bond donors (Lipinski definition) is 2. The molecule has 0 bridgehead atoms. The van der Waals surface area contributed by atoms with Crippen molar-refractivity contribution in [3.8, 4) is 0 Å². The molecule has 2 N–H and O–H groups in total. The third kappa shape index (κ3) is 5.94. The fraction of sp³-hybridized carbons (Fsp3) is 0.571. The zero-order valence-corrected chi connectivity index (χ0v) is 21.0. The summed E-state index contributed by atoms with van der Waals surface area (Å²) in [7, 11) is 1.78. The molecule has 8 nitrogen and oxygen atoms in total. The number of guanidine groups is 1. The smallest absolute Gasteiger partial charge is 0.345 e. The zero-order chi connectivity index (χ0) is 20.9. The average molecular weight is 560 g/mol. The fourth-order valence-corrected chi connectivity index (χ4v) is 4.39. The van der Waals surface area contributed by atoms with Crippen molar-refractivity contribution in [3.63, 3.8) is 0 Å². The van der Waals surface area contributed by atoms with Crippen molar-refractivity contribution in [2.24, 2.45) is 4.99 Å². The van der Waals surface area contributed by atoms with Crippen LogP contribution in [0.4, 0.5) is 5.69 Å². The molecule has 0 aliphatic carbocycles. The lowest BCUT2D eigenvalue weighted by Crippen LogP contribution is -2.45. The SMILES string of the molecule is CN=C(NCCCn1nc2n(c1=O)CCCC2)NC1CCN(c2cccc(Cl)c2)C1.I. The summed E-state index contributed by atoms with van der Waals surface area (Å²) >= 11 is 6.12. The van der Waals surface area contributed by atoms with Crippen LogP contribution in [-0.4, -0.2) is 53.0 Å². The van der Waals surface area contributed by atoms with Crippen LogP contribution in [0.1, 0.15) is 31.5 Å². The summed E-state index contributed by atoms with van der Waals surface area (Å²) in [5.74, 6) is 1.73. The quantitative estimate of drug-likeness (QED) is 0.246. The Morgan fingerprint density at radius 1 is 1.32 bits per heavy atom. The summed E-state index contributed by atoms with van der Waals surface area (Å²) < 4.78 is 3.43. The first-order valence-electron chi connectivity index (χ1n) is 10.8. The molecule has 10 heteroatoms. The second kappa shape index (κ2) is 11.2. The van der Waals surface area contributed by atoms with Crippen LogP contribution < -0.4 is 21.2 Å². The number of hydrogen-bond acceptors (Lipinski definition) is 4. The highest BCUT2D eigenvalue weighted by molar-refractivity contribution is 14.0. The summed E-state index contributed by atoms with van der Waals surface area (Å²) in [6, 6.07) is 8.32. The zero-order valence-electron chi connectivity index (χ0n) is 17.9. The van der Waals surface area contributed by atoms with E-state index in [1.165, 1.54) is 0 Å². The molecule has 2 aliphatic heterocycles. The van der Waals surface area contributed by atoms with Crippen LogP contribution in [0, 0.1) is 0 Å². The predicted molar refractivity (Wildman–Crippen MR) is 136 cm³/mol. The monoisotopic (exact) mass is 559 g/mol. The number of aryl methyl sites for hydroxylation is 2. The first kappa shape index (κ1) is 23.9. The fourth-order valence-electron chi connectivity index (χ4n) is 4.20. The summed E-state index contributed by atoms with van der Waals surface area (Å²) in [4.78, 5) is 19.1. The van der Waals surface area contributed by atoms with Crippen LogP contribution in [0.25, 0.3) is 0 Å². The summed E-state index contributed by atoms with van der Waals surface area (Å²) in [5.41, 5.74) is 1.18. The lowest BCUT2D eigenvalue weighted by atomic mass is 10.2. The van der Waals surface area contributed by atoms with Crippen molar-refractivity contribution in [1.29, 1.82) is 0 Å². The van der Waals surface area contributed by atoms with Crippen molar-refractivity contribution in [2.45, 2.75) is 51.2 Å². The van der Waals surface area contributed by atoms with E-state index in [0.717, 1.165) is 80.8 Å². The molecular weight excluding hydrogens is 529 g/mol. The van der Waals surface area contributed by atoms with Gasteiger partial charge in [0.15, 0.2) is 5.96 Å². The number of nitrogens with zero attached hydrogens (tertiary/aromatic N) is 5. The van der Waals surface area contributed by atoms with Gasteiger partial charge in [0.1, 0.15) is 5.82 Å². The molecule has 4 rings (SSSR count). The largest absolute Gasteiger partial charge is 0.369 e. The van der Waals surface area contributed by atoms with Gasteiger partial charge in [0, 0.05) is 62.9 Å². The Morgan fingerprint density at radius 2 is 2.19 bits per heavy atom. The molecule has 2 aliphatic rings. The Morgan fingerprint density at radius 3 is 2.97 bits per heavy atom. The van der Waals surface area contributed by atoms with Crippen molar-refractivity contribution in [2.75, 3.05) is 31.6 Å². The summed E-state index contributed by atoms with van der Waals surface area (Å²) in [6.07, 6.45) is 4.96. The Kier molecular flexibility index (Phi) is 8.65. The van der Waals surface area contributed by atoms with Crippen molar-refractivity contribution >= 4 is 47.2 Å². The third-order valence-electron chi connectivity index (χ3n) is 5.80. The van der Waals surface area contributed by atoms with Gasteiger partial charge in [-0.3, -0.25) is 9.56 Å². The summed E-state index contributed by atoms with van der Waals surface area (Å²) in [5, 5.41) is 12.1. The van der Waals surface area contributed by atoms with E-state index in [0.29, 0.717) is 12.6 Å². The van der Waals surface area contributed by atoms with E-state index in [2.05, 4.69) is 31.7 Å². The molecule has 1 fully saturated rings. The van der Waals surface area contributed by atoms with Crippen molar-refractivity contribution in [1.82, 2.24) is 25.0 Å². The van der Waals surface area contributed by atoms with E-state index >= 15 is 0 Å². The van der Waals surface area contributed by atoms with Gasteiger partial charge in [-0.25, -0.2) is 9.48 Å². The molecule has 1 saturated heterocycles. The molecule has 0 saturated carbocycles. The van der Waals surface area contributed by atoms with E-state index in [4.69, 9.17) is 11.6 Å². The van der Waals surface area contributed by atoms with Gasteiger partial charge in [-0.2, -0.15) is 5.10 Å². The van der Waals surface area contributed by atoms with E-state index in [1.807, 2.05) is 22.8 Å². The number of aliphatic imine (C=N–C) groups is 1. The van der Waals surface area contributed by atoms with Crippen molar-refractivity contribution < 1.29 is 0 Å². The molecule has 2 aromatic rings. The van der Waals surface area contributed by atoms with E-state index in [1.54, 1.807) is 11.7 Å². The molecule has 0 spiro atoms. The molecule has 31 heavy (non-hydrogen) atoms. The molecule has 0 radical (unpaired) electrons. The third-order valence-corrected chi connectivity index (χ3v) is 6.03. The predicted octanol–water partition coefficient (Wildman–Crippen LogP) is 2.49. The van der Waals surface area contributed by atoms with E-state index < -0.39 is 0 Å². The van der Waals surface area contributed by atoms with E-state index in [9.17, 15) is 4.79 Å². The Balaban J connectivity index is 0.00000272. The highest BCUT2D eigenvalue weighted by Crippen LogP contribution is 2.23. The van der Waals surface area contributed by atoms with Gasteiger partial charge in [0.25, 0.3) is 0 Å². The van der Waals surface area contributed by atoms with Crippen molar-refractivity contribution in [3.05, 3.63) is 45.6 Å². The lowest BCUT2D eigenvalue weighted by molar-refractivity contribution is 0.509. The molecule has 170 valence electrons. The highest BCUT2D eigenvalue weighted by Gasteiger charge is 2.23.